The molecule has 0 aromatic heterocycles. The van der Waals surface area contributed by atoms with E-state index < -0.39 is 67.4 Å². The molecular formula is C74H139NO10. The maximum Gasteiger partial charge on any atom is 0.306 e. The molecule has 8 atom stereocenters. The highest BCUT2D eigenvalue weighted by molar-refractivity contribution is 5.80. The average molecular weight is 1200 g/mol. The standard InChI is InChI=1S/C74H139NO10/c1-4-7-10-13-16-19-22-24-26-28-30-32-33-34-36-37-39-41-43-46-49-52-55-58-61-67(78)73(82)75-65(66(77)60-57-54-51-48-45-21-18-15-12-9-6-3)64-83-74-72(71(81)70(80)68(63-76)84-74)85-69(79)62-59-56-53-50-47-44-42-40-38-35-31-29-27-25-23-20-17-14-11-8-5-2/h24-27,57,60,65-68,70-72,74,76-78,80-81H,4-23,28-56,58-59,61-64H2,1-3H3,(H,75,82)/b26-24+,27-25+,60-57+. The zero-order valence-corrected chi connectivity index (χ0v) is 55.8. The molecule has 1 aliphatic rings. The van der Waals surface area contributed by atoms with Gasteiger partial charge in [0.15, 0.2) is 12.4 Å². The molecule has 0 aromatic carbocycles. The van der Waals surface area contributed by atoms with Gasteiger partial charge in [0.1, 0.15) is 24.4 Å². The number of hydrogen-bond acceptors (Lipinski definition) is 10. The Morgan fingerprint density at radius 1 is 0.447 bits per heavy atom. The number of carbonyl (C=O) groups excluding carboxylic acids is 2. The van der Waals surface area contributed by atoms with E-state index in [1.54, 1.807) is 6.08 Å². The van der Waals surface area contributed by atoms with Crippen LogP contribution in [0.2, 0.25) is 0 Å². The number of hydrogen-bond donors (Lipinski definition) is 6. The summed E-state index contributed by atoms with van der Waals surface area (Å²) >= 11 is 0. The summed E-state index contributed by atoms with van der Waals surface area (Å²) in [5, 5.41) is 57.2. The Kier molecular flexibility index (Phi) is 59.1. The third kappa shape index (κ3) is 49.4. The number of carbonyl (C=O) groups is 2. The minimum absolute atomic E-state index is 0.126. The molecule has 500 valence electrons. The molecule has 1 amide bonds. The first kappa shape index (κ1) is 80.9. The van der Waals surface area contributed by atoms with E-state index in [-0.39, 0.29) is 13.0 Å². The third-order valence-corrected chi connectivity index (χ3v) is 17.5. The summed E-state index contributed by atoms with van der Waals surface area (Å²) in [5.74, 6) is -1.18. The molecule has 0 bridgehead atoms. The van der Waals surface area contributed by atoms with Crippen molar-refractivity contribution in [1.82, 2.24) is 5.32 Å². The molecule has 8 unspecified atom stereocenters. The summed E-state index contributed by atoms with van der Waals surface area (Å²) < 4.78 is 17.7. The number of aliphatic hydroxyl groups excluding tert-OH is 5. The second kappa shape index (κ2) is 62.1. The number of amides is 1. The fourth-order valence-corrected chi connectivity index (χ4v) is 11.7. The van der Waals surface area contributed by atoms with Crippen LogP contribution in [0.4, 0.5) is 0 Å². The Bertz CT molecular complexity index is 1520. The van der Waals surface area contributed by atoms with Crippen LogP contribution in [0.25, 0.3) is 0 Å². The number of nitrogens with one attached hydrogen (secondary N) is 1. The zero-order chi connectivity index (χ0) is 61.7. The summed E-state index contributed by atoms with van der Waals surface area (Å²) in [6.45, 7) is 5.83. The number of ether oxygens (including phenoxy) is 3. The van der Waals surface area contributed by atoms with E-state index in [1.807, 2.05) is 6.08 Å². The Hall–Kier alpha value is -2.12. The SMILES string of the molecule is CCCCCCCC/C=C/CCCCCCCCCCCCCCCCC(O)C(=O)NC(COC1OC(CO)C(O)C(O)C1OC(=O)CCCCCCCCCCCCC/C=C/CCCCCCCC)C(O)/C=C/CCCCCCCCCCC. The van der Waals surface area contributed by atoms with Crippen molar-refractivity contribution in [1.29, 1.82) is 0 Å². The second-order valence-electron chi connectivity index (χ2n) is 25.7. The molecule has 0 radical (unpaired) electrons. The molecule has 1 aliphatic heterocycles. The van der Waals surface area contributed by atoms with Gasteiger partial charge in [0, 0.05) is 6.42 Å². The Morgan fingerprint density at radius 2 is 0.776 bits per heavy atom. The molecule has 1 fully saturated rings. The Morgan fingerprint density at radius 3 is 1.14 bits per heavy atom. The smallest absolute Gasteiger partial charge is 0.306 e. The summed E-state index contributed by atoms with van der Waals surface area (Å²) in [5.41, 5.74) is 0. The van der Waals surface area contributed by atoms with Gasteiger partial charge in [-0.1, -0.05) is 314 Å². The van der Waals surface area contributed by atoms with E-state index in [0.717, 1.165) is 57.8 Å². The highest BCUT2D eigenvalue weighted by atomic mass is 16.7. The van der Waals surface area contributed by atoms with E-state index in [9.17, 15) is 35.1 Å². The first-order chi connectivity index (χ1) is 41.7. The van der Waals surface area contributed by atoms with Gasteiger partial charge in [-0.2, -0.15) is 0 Å². The molecule has 1 saturated heterocycles. The first-order valence-electron chi connectivity index (χ1n) is 36.8. The van der Waals surface area contributed by atoms with E-state index in [1.165, 1.54) is 257 Å². The minimum Gasteiger partial charge on any atom is -0.454 e. The number of esters is 1. The van der Waals surface area contributed by atoms with Crippen LogP contribution in [-0.4, -0.2) is 99.6 Å². The fourth-order valence-electron chi connectivity index (χ4n) is 11.7. The van der Waals surface area contributed by atoms with Crippen LogP contribution in [0.15, 0.2) is 36.5 Å². The maximum atomic E-state index is 13.5. The van der Waals surface area contributed by atoms with Crippen LogP contribution in [0.5, 0.6) is 0 Å². The van der Waals surface area contributed by atoms with Crippen molar-refractivity contribution in [3.05, 3.63) is 36.5 Å². The van der Waals surface area contributed by atoms with Crippen LogP contribution in [0, 0.1) is 0 Å². The van der Waals surface area contributed by atoms with E-state index in [0.29, 0.717) is 19.3 Å². The normalized spacial score (nSPS) is 18.5. The lowest BCUT2D eigenvalue weighted by atomic mass is 9.99. The molecule has 11 heteroatoms. The first-order valence-corrected chi connectivity index (χ1v) is 36.8. The molecule has 11 nitrogen and oxygen atoms in total. The average Bonchev–Trinajstić information content (AvgIpc) is 3.69. The molecule has 85 heavy (non-hydrogen) atoms. The number of allylic oxidation sites excluding steroid dienone is 5. The molecule has 1 rings (SSSR count). The van der Waals surface area contributed by atoms with Crippen LogP contribution >= 0.6 is 0 Å². The lowest BCUT2D eigenvalue weighted by Crippen LogP contribution is -2.61. The van der Waals surface area contributed by atoms with Crippen LogP contribution in [0.3, 0.4) is 0 Å². The second-order valence-corrected chi connectivity index (χ2v) is 25.7. The van der Waals surface area contributed by atoms with Gasteiger partial charge in [0.05, 0.1) is 25.4 Å². The summed E-state index contributed by atoms with van der Waals surface area (Å²) in [6.07, 6.45) is 66.2. The summed E-state index contributed by atoms with van der Waals surface area (Å²) in [7, 11) is 0. The van der Waals surface area contributed by atoms with Gasteiger partial charge in [-0.25, -0.2) is 0 Å². The monoisotopic (exact) mass is 1200 g/mol. The predicted octanol–water partition coefficient (Wildman–Crippen LogP) is 19.0. The molecule has 6 N–H and O–H groups in total. The number of rotatable bonds is 64. The van der Waals surface area contributed by atoms with Crippen molar-refractivity contribution in [3.63, 3.8) is 0 Å². The van der Waals surface area contributed by atoms with Crippen molar-refractivity contribution < 1.29 is 49.3 Å². The molecule has 1 heterocycles. The highest BCUT2D eigenvalue weighted by Gasteiger charge is 2.47. The molecular weight excluding hydrogens is 1060 g/mol. The lowest BCUT2D eigenvalue weighted by molar-refractivity contribution is -0.305. The van der Waals surface area contributed by atoms with Crippen molar-refractivity contribution >= 4 is 11.9 Å². The van der Waals surface area contributed by atoms with Gasteiger partial charge < -0.3 is 45.1 Å². The fraction of sp³-hybridized carbons (Fsp3) is 0.892. The topological polar surface area (TPSA) is 175 Å². The predicted molar refractivity (Wildman–Crippen MR) is 357 cm³/mol. The van der Waals surface area contributed by atoms with Gasteiger partial charge >= 0.3 is 5.97 Å². The van der Waals surface area contributed by atoms with Gasteiger partial charge in [-0.3, -0.25) is 9.59 Å². The summed E-state index contributed by atoms with van der Waals surface area (Å²) in [4.78, 5) is 26.7. The van der Waals surface area contributed by atoms with Crippen LogP contribution in [0.1, 0.15) is 361 Å². The van der Waals surface area contributed by atoms with Gasteiger partial charge in [0.2, 0.25) is 5.91 Å². The van der Waals surface area contributed by atoms with Crippen molar-refractivity contribution in [2.75, 3.05) is 13.2 Å². The van der Waals surface area contributed by atoms with Crippen LogP contribution < -0.4 is 5.32 Å². The summed E-state index contributed by atoms with van der Waals surface area (Å²) in [6, 6.07) is -1.02. The van der Waals surface area contributed by atoms with E-state index in [2.05, 4.69) is 50.4 Å². The van der Waals surface area contributed by atoms with E-state index >= 15 is 0 Å². The molecule has 0 aromatic rings. The third-order valence-electron chi connectivity index (χ3n) is 17.5. The number of aliphatic hydroxyl groups is 5. The Labute approximate surface area is 523 Å². The minimum atomic E-state index is -1.61. The van der Waals surface area contributed by atoms with Gasteiger partial charge in [-0.15, -0.1) is 0 Å². The maximum absolute atomic E-state index is 13.5. The lowest BCUT2D eigenvalue weighted by Gasteiger charge is -2.41. The zero-order valence-electron chi connectivity index (χ0n) is 55.8. The van der Waals surface area contributed by atoms with Gasteiger partial charge in [0.25, 0.3) is 0 Å². The molecule has 0 spiro atoms. The molecule has 0 aliphatic carbocycles. The number of unbranched alkanes of at least 4 members (excludes halogenated alkanes) is 46. The van der Waals surface area contributed by atoms with Crippen molar-refractivity contribution in [2.24, 2.45) is 0 Å². The highest BCUT2D eigenvalue weighted by Crippen LogP contribution is 2.26. The Balaban J connectivity index is 2.53. The molecule has 0 saturated carbocycles. The quantitative estimate of drug-likeness (QED) is 0.0195. The van der Waals surface area contributed by atoms with Crippen LogP contribution in [-0.2, 0) is 23.8 Å². The van der Waals surface area contributed by atoms with E-state index in [4.69, 9.17) is 14.2 Å². The van der Waals surface area contributed by atoms with Crippen molar-refractivity contribution in [3.8, 4) is 0 Å². The van der Waals surface area contributed by atoms with Gasteiger partial charge in [-0.05, 0) is 77.0 Å². The largest absolute Gasteiger partial charge is 0.454 e. The van der Waals surface area contributed by atoms with Crippen molar-refractivity contribution in [2.45, 2.75) is 410 Å².